The molecule has 4 aromatic rings. The van der Waals surface area contributed by atoms with Crippen LogP contribution in [0.4, 0.5) is 14.6 Å². The molecular formula is C36H36F2N6O3. The number of hydrogen-bond acceptors (Lipinski definition) is 9. The van der Waals surface area contributed by atoms with Gasteiger partial charge in [-0.3, -0.25) is 9.88 Å². The molecule has 8 rings (SSSR count). The van der Waals surface area contributed by atoms with Crippen LogP contribution in [0.15, 0.2) is 42.6 Å². The van der Waals surface area contributed by atoms with Crippen molar-refractivity contribution in [1.29, 1.82) is 0 Å². The molecule has 2 N–H and O–H groups in total. The van der Waals surface area contributed by atoms with Gasteiger partial charge in [-0.2, -0.15) is 9.97 Å². The number of fused-ring (bicyclic) bond motifs is 5. The predicted molar refractivity (Wildman–Crippen MR) is 176 cm³/mol. The Kier molecular flexibility index (Phi) is 7.28. The van der Waals surface area contributed by atoms with Crippen molar-refractivity contribution in [3.63, 3.8) is 0 Å². The third-order valence-corrected chi connectivity index (χ3v) is 10.4. The molecular weight excluding hydrogens is 602 g/mol. The SMILES string of the molecule is C#Cc1c(F)ccc2cc(O)cc(-c3ncc4c(N5CC6CCC(C5)N6)nc(OCC56CCC(COC)N5CC(=C)C6)nc4c3F)c12. The maximum Gasteiger partial charge on any atom is 0.319 e. The molecule has 4 fully saturated rings. The van der Waals surface area contributed by atoms with E-state index >= 15 is 4.39 Å². The summed E-state index contributed by atoms with van der Waals surface area (Å²) in [5.74, 6) is 1.47. The molecule has 2 bridgehead atoms. The second-order valence-electron chi connectivity index (χ2n) is 13.4. The van der Waals surface area contributed by atoms with Crippen LogP contribution in [0.3, 0.4) is 0 Å². The monoisotopic (exact) mass is 638 g/mol. The first-order valence-corrected chi connectivity index (χ1v) is 16.1. The highest BCUT2D eigenvalue weighted by Gasteiger charge is 2.51. The molecule has 2 aromatic heterocycles. The highest BCUT2D eigenvalue weighted by atomic mass is 19.1. The summed E-state index contributed by atoms with van der Waals surface area (Å²) in [6.07, 6.45) is 12.1. The number of aromatic hydroxyl groups is 1. The average molecular weight is 639 g/mol. The van der Waals surface area contributed by atoms with Crippen LogP contribution in [-0.2, 0) is 4.74 Å². The van der Waals surface area contributed by atoms with Gasteiger partial charge in [-0.05, 0) is 55.7 Å². The van der Waals surface area contributed by atoms with Crippen LogP contribution in [0.25, 0.3) is 32.9 Å². The Morgan fingerprint density at radius 1 is 1.17 bits per heavy atom. The maximum atomic E-state index is 16.9. The Hall–Kier alpha value is -4.37. The number of ether oxygens (including phenoxy) is 2. The fourth-order valence-electron chi connectivity index (χ4n) is 8.38. The minimum atomic E-state index is -0.733. The minimum absolute atomic E-state index is 0.0323. The number of benzene rings is 2. The van der Waals surface area contributed by atoms with Crippen molar-refractivity contribution < 1.29 is 23.4 Å². The number of halogens is 2. The van der Waals surface area contributed by atoms with E-state index in [1.165, 1.54) is 24.3 Å². The van der Waals surface area contributed by atoms with E-state index in [0.29, 0.717) is 55.0 Å². The molecule has 47 heavy (non-hydrogen) atoms. The first kappa shape index (κ1) is 30.0. The summed E-state index contributed by atoms with van der Waals surface area (Å²) in [5, 5.41) is 15.4. The molecule has 4 aliphatic rings. The maximum absolute atomic E-state index is 16.9. The Balaban J connectivity index is 1.25. The summed E-state index contributed by atoms with van der Waals surface area (Å²) in [6.45, 7) is 7.44. The van der Waals surface area contributed by atoms with Crippen LogP contribution in [0.5, 0.6) is 11.8 Å². The summed E-state index contributed by atoms with van der Waals surface area (Å²) in [5.41, 5.74) is 0.951. The summed E-state index contributed by atoms with van der Waals surface area (Å²) in [4.78, 5) is 18.7. The molecule has 242 valence electrons. The molecule has 0 spiro atoms. The van der Waals surface area contributed by atoms with Crippen LogP contribution in [0, 0.1) is 24.0 Å². The van der Waals surface area contributed by atoms with Crippen molar-refractivity contribution in [2.75, 3.05) is 44.9 Å². The third-order valence-electron chi connectivity index (χ3n) is 10.4. The van der Waals surface area contributed by atoms with E-state index in [2.05, 4.69) is 37.6 Å². The number of hydrogen-bond donors (Lipinski definition) is 2. The number of aromatic nitrogens is 3. The molecule has 9 nitrogen and oxygen atoms in total. The lowest BCUT2D eigenvalue weighted by Gasteiger charge is -2.35. The van der Waals surface area contributed by atoms with E-state index < -0.39 is 11.6 Å². The second kappa shape index (κ2) is 11.4. The van der Waals surface area contributed by atoms with Gasteiger partial charge in [-0.1, -0.05) is 24.1 Å². The number of piperazine rings is 1. The molecule has 4 unspecified atom stereocenters. The second-order valence-corrected chi connectivity index (χ2v) is 13.4. The largest absolute Gasteiger partial charge is 0.508 e. The molecule has 11 heteroatoms. The zero-order valence-electron chi connectivity index (χ0n) is 26.2. The third kappa shape index (κ3) is 4.98. The van der Waals surface area contributed by atoms with Gasteiger partial charge in [0.1, 0.15) is 35.2 Å². The van der Waals surface area contributed by atoms with Crippen molar-refractivity contribution in [1.82, 2.24) is 25.2 Å². The molecule has 4 aliphatic heterocycles. The molecule has 2 aromatic carbocycles. The molecule has 0 aliphatic carbocycles. The lowest BCUT2D eigenvalue weighted by atomic mass is 9.94. The highest BCUT2D eigenvalue weighted by Crippen LogP contribution is 2.45. The Bertz CT molecular complexity index is 1970. The first-order chi connectivity index (χ1) is 22.8. The summed E-state index contributed by atoms with van der Waals surface area (Å²) in [6, 6.07) is 6.51. The summed E-state index contributed by atoms with van der Waals surface area (Å²) < 4.78 is 43.7. The number of phenols is 1. The minimum Gasteiger partial charge on any atom is -0.508 e. The quantitative estimate of drug-likeness (QED) is 0.216. The normalized spacial score (nSPS) is 25.5. The predicted octanol–water partition coefficient (Wildman–Crippen LogP) is 4.94. The fraction of sp³-hybridized carbons (Fsp3) is 0.417. The number of phenolic OH excluding ortho intramolecular Hbond substituents is 1. The van der Waals surface area contributed by atoms with Gasteiger partial charge < -0.3 is 24.8 Å². The van der Waals surface area contributed by atoms with Gasteiger partial charge in [-0.15, -0.1) is 6.42 Å². The summed E-state index contributed by atoms with van der Waals surface area (Å²) in [7, 11) is 1.72. The zero-order chi connectivity index (χ0) is 32.4. The molecule has 4 saturated heterocycles. The standard InChI is InChI=1S/C36H36F2N6O3/c1-4-26-29(37)8-5-21-11-25(45)12-27(30(21)26)32-31(38)33-28(14-39-32)34(43-16-22-6-7-23(17-43)40-22)42-35(41-33)47-19-36-10-9-24(18-46-3)44(36)15-20(2)13-36/h1,5,8,11-12,14,22-24,40,45H,2,6-7,9-10,13,15-19H2,3H3. The van der Waals surface area contributed by atoms with E-state index in [1.807, 2.05) is 0 Å². The molecule has 0 saturated carbocycles. The van der Waals surface area contributed by atoms with Gasteiger partial charge in [-0.25, -0.2) is 8.78 Å². The van der Waals surface area contributed by atoms with Gasteiger partial charge in [0.25, 0.3) is 0 Å². The van der Waals surface area contributed by atoms with Gasteiger partial charge >= 0.3 is 6.01 Å². The Morgan fingerprint density at radius 2 is 1.98 bits per heavy atom. The van der Waals surface area contributed by atoms with E-state index in [-0.39, 0.29) is 51.1 Å². The van der Waals surface area contributed by atoms with Gasteiger partial charge in [0.2, 0.25) is 0 Å². The van der Waals surface area contributed by atoms with Gasteiger partial charge in [0, 0.05) is 62.0 Å². The lowest BCUT2D eigenvalue weighted by Crippen LogP contribution is -2.51. The van der Waals surface area contributed by atoms with Crippen molar-refractivity contribution in [3.05, 3.63) is 59.8 Å². The van der Waals surface area contributed by atoms with Gasteiger partial charge in [0.05, 0.1) is 23.1 Å². The Labute approximate surface area is 271 Å². The summed E-state index contributed by atoms with van der Waals surface area (Å²) >= 11 is 0. The van der Waals surface area contributed by atoms with Crippen LogP contribution in [0.1, 0.15) is 37.7 Å². The van der Waals surface area contributed by atoms with Crippen LogP contribution in [0.2, 0.25) is 0 Å². The van der Waals surface area contributed by atoms with Crippen molar-refractivity contribution >= 4 is 27.5 Å². The van der Waals surface area contributed by atoms with E-state index in [4.69, 9.17) is 20.9 Å². The van der Waals surface area contributed by atoms with Crippen LogP contribution in [-0.4, -0.2) is 88.6 Å². The number of rotatable bonds is 7. The van der Waals surface area contributed by atoms with Crippen molar-refractivity contribution in [3.8, 4) is 35.4 Å². The molecule has 6 heterocycles. The zero-order valence-corrected chi connectivity index (χ0v) is 26.2. The average Bonchev–Trinajstić information content (AvgIpc) is 3.69. The number of anilines is 1. The molecule has 0 amide bonds. The number of terminal acetylenes is 1. The molecule has 0 radical (unpaired) electrons. The van der Waals surface area contributed by atoms with Crippen LogP contribution >= 0.6 is 0 Å². The van der Waals surface area contributed by atoms with Gasteiger partial charge in [0.15, 0.2) is 5.82 Å². The van der Waals surface area contributed by atoms with Crippen molar-refractivity contribution in [2.45, 2.75) is 55.8 Å². The van der Waals surface area contributed by atoms with E-state index in [1.54, 1.807) is 13.3 Å². The first-order valence-electron chi connectivity index (χ1n) is 16.1. The Morgan fingerprint density at radius 3 is 2.74 bits per heavy atom. The van der Waals surface area contributed by atoms with Crippen LogP contribution < -0.4 is 15.0 Å². The topological polar surface area (TPSA) is 95.9 Å². The number of pyridine rings is 1. The fourth-order valence-corrected chi connectivity index (χ4v) is 8.38. The number of nitrogens with zero attached hydrogens (tertiary/aromatic N) is 5. The number of methoxy groups -OCH3 is 1. The molecule has 4 atom stereocenters. The number of nitrogens with one attached hydrogen (secondary N) is 1. The smallest absolute Gasteiger partial charge is 0.319 e. The lowest BCUT2D eigenvalue weighted by molar-refractivity contribution is 0.0522. The van der Waals surface area contributed by atoms with E-state index in [9.17, 15) is 9.50 Å². The van der Waals surface area contributed by atoms with Crippen molar-refractivity contribution in [2.24, 2.45) is 0 Å². The highest BCUT2D eigenvalue weighted by molar-refractivity contribution is 6.03. The van der Waals surface area contributed by atoms with E-state index in [0.717, 1.165) is 44.2 Å².